The Balaban J connectivity index is 1.58. The number of aryl methyl sites for hydroxylation is 1. The van der Waals surface area contributed by atoms with Crippen molar-refractivity contribution in [2.75, 3.05) is 6.54 Å². The Labute approximate surface area is 146 Å². The first-order chi connectivity index (χ1) is 11.6. The predicted molar refractivity (Wildman–Crippen MR) is 96.0 cm³/mol. The Kier molecular flexibility index (Phi) is 7.42. The fourth-order valence-corrected chi connectivity index (χ4v) is 2.97. The highest BCUT2D eigenvalue weighted by atomic mass is 32.1. The van der Waals surface area contributed by atoms with Crippen molar-refractivity contribution in [2.45, 2.75) is 38.6 Å². The molecule has 2 rings (SSSR count). The van der Waals surface area contributed by atoms with Crippen molar-refractivity contribution >= 4 is 23.2 Å². The highest BCUT2D eigenvalue weighted by molar-refractivity contribution is 7.09. The number of hydrogen-bond acceptors (Lipinski definition) is 4. The van der Waals surface area contributed by atoms with Crippen molar-refractivity contribution in [1.82, 2.24) is 15.6 Å². The lowest BCUT2D eigenvalue weighted by Crippen LogP contribution is -2.37. The van der Waals surface area contributed by atoms with Gasteiger partial charge in [-0.05, 0) is 38.3 Å². The van der Waals surface area contributed by atoms with Gasteiger partial charge in [0.25, 0.3) is 5.91 Å². The summed E-state index contributed by atoms with van der Waals surface area (Å²) in [6.45, 7) is 2.49. The number of nitrogens with zero attached hydrogens (tertiary/aromatic N) is 1. The Morgan fingerprint density at radius 2 is 2.00 bits per heavy atom. The van der Waals surface area contributed by atoms with E-state index in [1.165, 1.54) is 0 Å². The van der Waals surface area contributed by atoms with Crippen LogP contribution in [-0.4, -0.2) is 29.4 Å². The van der Waals surface area contributed by atoms with Gasteiger partial charge < -0.3 is 10.6 Å². The van der Waals surface area contributed by atoms with E-state index >= 15 is 0 Å². The summed E-state index contributed by atoms with van der Waals surface area (Å²) in [5, 5.41) is 8.85. The second-order valence-corrected chi connectivity index (χ2v) is 6.66. The minimum atomic E-state index is -0.201. The zero-order valence-corrected chi connectivity index (χ0v) is 14.6. The third-order valence-corrected chi connectivity index (χ3v) is 4.37. The average Bonchev–Trinajstić information content (AvgIpc) is 3.08. The van der Waals surface area contributed by atoms with Gasteiger partial charge in [0.1, 0.15) is 0 Å². The van der Waals surface area contributed by atoms with Crippen molar-refractivity contribution in [3.05, 3.63) is 52.5 Å². The van der Waals surface area contributed by atoms with Gasteiger partial charge in [0.2, 0.25) is 5.91 Å². The van der Waals surface area contributed by atoms with Crippen LogP contribution in [0.15, 0.2) is 41.9 Å². The molecule has 0 aliphatic carbocycles. The van der Waals surface area contributed by atoms with Crippen LogP contribution in [0.25, 0.3) is 0 Å². The van der Waals surface area contributed by atoms with Crippen LogP contribution in [0.2, 0.25) is 0 Å². The van der Waals surface area contributed by atoms with Gasteiger partial charge >= 0.3 is 0 Å². The van der Waals surface area contributed by atoms with Crippen LogP contribution in [0, 0.1) is 0 Å². The Morgan fingerprint density at radius 3 is 2.71 bits per heavy atom. The number of amides is 2. The zero-order valence-electron chi connectivity index (χ0n) is 13.8. The van der Waals surface area contributed by atoms with E-state index < -0.39 is 0 Å². The van der Waals surface area contributed by atoms with E-state index in [-0.39, 0.29) is 24.3 Å². The molecule has 0 saturated heterocycles. The second kappa shape index (κ2) is 9.82. The van der Waals surface area contributed by atoms with Crippen LogP contribution in [0.3, 0.4) is 0 Å². The van der Waals surface area contributed by atoms with E-state index in [1.54, 1.807) is 23.5 Å². The molecule has 1 aromatic carbocycles. The van der Waals surface area contributed by atoms with Gasteiger partial charge in [-0.2, -0.15) is 0 Å². The molecular formula is C18H23N3O2S. The summed E-state index contributed by atoms with van der Waals surface area (Å²) in [7, 11) is 0. The SMILES string of the molecule is C[C@H](CC(=O)NCCCCc1nccs1)NC(=O)c1ccccc1. The molecule has 24 heavy (non-hydrogen) atoms. The summed E-state index contributed by atoms with van der Waals surface area (Å²) >= 11 is 1.66. The van der Waals surface area contributed by atoms with E-state index in [1.807, 2.05) is 36.7 Å². The van der Waals surface area contributed by atoms with E-state index in [4.69, 9.17) is 0 Å². The maximum atomic E-state index is 12.0. The number of thiazole rings is 1. The van der Waals surface area contributed by atoms with Gasteiger partial charge in [-0.15, -0.1) is 11.3 Å². The lowest BCUT2D eigenvalue weighted by atomic mass is 10.1. The molecular weight excluding hydrogens is 322 g/mol. The number of carbonyl (C=O) groups excluding carboxylic acids is 2. The summed E-state index contributed by atoms with van der Waals surface area (Å²) in [4.78, 5) is 28.1. The van der Waals surface area contributed by atoms with Crippen molar-refractivity contribution < 1.29 is 9.59 Å². The molecule has 2 aromatic rings. The highest BCUT2D eigenvalue weighted by Crippen LogP contribution is 2.07. The number of hydrogen-bond donors (Lipinski definition) is 2. The minimum absolute atomic E-state index is 0.0369. The Morgan fingerprint density at radius 1 is 1.21 bits per heavy atom. The molecule has 0 spiro atoms. The summed E-state index contributed by atoms with van der Waals surface area (Å²) < 4.78 is 0. The van der Waals surface area contributed by atoms with E-state index in [0.29, 0.717) is 12.1 Å². The van der Waals surface area contributed by atoms with Gasteiger partial charge in [-0.1, -0.05) is 18.2 Å². The number of benzene rings is 1. The van der Waals surface area contributed by atoms with Crippen LogP contribution >= 0.6 is 11.3 Å². The molecule has 0 saturated carbocycles. The number of carbonyl (C=O) groups is 2. The first kappa shape index (κ1) is 18.1. The van der Waals surface area contributed by atoms with Crippen LogP contribution < -0.4 is 10.6 Å². The standard InChI is InChI=1S/C18H23N3O2S/c1-14(21-18(23)15-7-3-2-4-8-15)13-16(22)19-10-6-5-9-17-20-11-12-24-17/h2-4,7-8,11-12,14H,5-6,9-10,13H2,1H3,(H,19,22)(H,21,23)/t14-/m1/s1. The lowest BCUT2D eigenvalue weighted by molar-refractivity contribution is -0.121. The molecule has 6 heteroatoms. The van der Waals surface area contributed by atoms with Gasteiger partial charge in [-0.3, -0.25) is 9.59 Å². The molecule has 1 heterocycles. The third-order valence-electron chi connectivity index (χ3n) is 3.53. The summed E-state index contributed by atoms with van der Waals surface area (Å²) in [6, 6.07) is 8.81. The number of nitrogens with one attached hydrogen (secondary N) is 2. The van der Waals surface area contributed by atoms with E-state index in [9.17, 15) is 9.59 Å². The molecule has 0 aliphatic rings. The smallest absolute Gasteiger partial charge is 0.251 e. The third kappa shape index (κ3) is 6.50. The molecule has 128 valence electrons. The van der Waals surface area contributed by atoms with Crippen molar-refractivity contribution in [3.63, 3.8) is 0 Å². The summed E-state index contributed by atoms with van der Waals surface area (Å²) in [5.41, 5.74) is 0.604. The molecule has 0 aliphatic heterocycles. The summed E-state index contributed by atoms with van der Waals surface area (Å²) in [6.07, 6.45) is 4.99. The average molecular weight is 345 g/mol. The second-order valence-electron chi connectivity index (χ2n) is 5.68. The summed E-state index contributed by atoms with van der Waals surface area (Å²) in [5.74, 6) is -0.190. The fraction of sp³-hybridized carbons (Fsp3) is 0.389. The molecule has 0 unspecified atom stereocenters. The topological polar surface area (TPSA) is 71.1 Å². The first-order valence-electron chi connectivity index (χ1n) is 8.16. The molecule has 0 radical (unpaired) electrons. The monoisotopic (exact) mass is 345 g/mol. The first-order valence-corrected chi connectivity index (χ1v) is 9.04. The van der Waals surface area contributed by atoms with Crippen LogP contribution in [-0.2, 0) is 11.2 Å². The largest absolute Gasteiger partial charge is 0.356 e. The zero-order chi connectivity index (χ0) is 17.2. The van der Waals surface area contributed by atoms with E-state index in [2.05, 4.69) is 15.6 Å². The number of rotatable bonds is 9. The predicted octanol–water partition coefficient (Wildman–Crippen LogP) is 2.79. The van der Waals surface area contributed by atoms with Gasteiger partial charge in [-0.25, -0.2) is 4.98 Å². The maximum absolute atomic E-state index is 12.0. The minimum Gasteiger partial charge on any atom is -0.356 e. The number of unbranched alkanes of at least 4 members (excludes halogenated alkanes) is 1. The molecule has 0 fully saturated rings. The highest BCUT2D eigenvalue weighted by Gasteiger charge is 2.12. The molecule has 0 bridgehead atoms. The molecule has 5 nitrogen and oxygen atoms in total. The van der Waals surface area contributed by atoms with Crippen molar-refractivity contribution in [2.24, 2.45) is 0 Å². The van der Waals surface area contributed by atoms with Gasteiger partial charge in [0.05, 0.1) is 5.01 Å². The molecule has 1 aromatic heterocycles. The van der Waals surface area contributed by atoms with Crippen molar-refractivity contribution in [3.8, 4) is 0 Å². The normalized spacial score (nSPS) is 11.7. The van der Waals surface area contributed by atoms with E-state index in [0.717, 1.165) is 24.3 Å². The van der Waals surface area contributed by atoms with Crippen LogP contribution in [0.5, 0.6) is 0 Å². The lowest BCUT2D eigenvalue weighted by Gasteiger charge is -2.14. The molecule has 2 amide bonds. The fourth-order valence-electron chi connectivity index (χ4n) is 2.30. The quantitative estimate of drug-likeness (QED) is 0.687. The number of aromatic nitrogens is 1. The van der Waals surface area contributed by atoms with Crippen LogP contribution in [0.1, 0.15) is 41.6 Å². The van der Waals surface area contributed by atoms with Gasteiger partial charge in [0, 0.05) is 36.1 Å². The molecule has 1 atom stereocenters. The van der Waals surface area contributed by atoms with Crippen LogP contribution in [0.4, 0.5) is 0 Å². The Bertz CT molecular complexity index is 629. The maximum Gasteiger partial charge on any atom is 0.251 e. The molecule has 2 N–H and O–H groups in total. The Hall–Kier alpha value is -2.21. The van der Waals surface area contributed by atoms with Gasteiger partial charge in [0.15, 0.2) is 0 Å². The van der Waals surface area contributed by atoms with Crippen molar-refractivity contribution in [1.29, 1.82) is 0 Å².